The predicted molar refractivity (Wildman–Crippen MR) is 118 cm³/mol. The van der Waals surface area contributed by atoms with Crippen LogP contribution in [0.15, 0.2) is 18.0 Å². The van der Waals surface area contributed by atoms with Crippen LogP contribution in [0.3, 0.4) is 0 Å². The highest BCUT2D eigenvalue weighted by atomic mass is 16.6. The van der Waals surface area contributed by atoms with Crippen molar-refractivity contribution in [2.45, 2.75) is 65.1 Å². The van der Waals surface area contributed by atoms with Crippen molar-refractivity contribution in [2.75, 3.05) is 6.61 Å². The number of aliphatic hydroxyl groups is 2. The number of aromatic nitrogens is 3. The quantitative estimate of drug-likeness (QED) is 0.169. The molecule has 1 aromatic rings. The number of alkyl carbamates (subject to hydrolysis) is 1. The van der Waals surface area contributed by atoms with Gasteiger partial charge in [0.05, 0.1) is 25.4 Å². The monoisotopic (exact) mass is 483 g/mol. The molecule has 1 unspecified atom stereocenters. The van der Waals surface area contributed by atoms with Crippen molar-refractivity contribution in [3.63, 3.8) is 0 Å². The van der Waals surface area contributed by atoms with Gasteiger partial charge in [0.1, 0.15) is 17.9 Å². The summed E-state index contributed by atoms with van der Waals surface area (Å²) in [7, 11) is 0. The van der Waals surface area contributed by atoms with Crippen LogP contribution >= 0.6 is 0 Å². The Labute approximate surface area is 196 Å². The molecule has 0 saturated carbocycles. The van der Waals surface area contributed by atoms with Gasteiger partial charge in [0.25, 0.3) is 0 Å². The number of ether oxygens (including phenoxy) is 2. The van der Waals surface area contributed by atoms with Crippen LogP contribution in [0.25, 0.3) is 0 Å². The lowest BCUT2D eigenvalue weighted by Gasteiger charge is -2.39. The van der Waals surface area contributed by atoms with Crippen molar-refractivity contribution in [1.82, 2.24) is 25.6 Å². The van der Waals surface area contributed by atoms with Crippen LogP contribution in [0.2, 0.25) is 0 Å². The van der Waals surface area contributed by atoms with Gasteiger partial charge in [-0.2, -0.15) is 0 Å². The first-order chi connectivity index (χ1) is 15.8. The second-order valence-electron chi connectivity index (χ2n) is 9.30. The summed E-state index contributed by atoms with van der Waals surface area (Å²) in [5, 5.41) is 49.7. The lowest BCUT2D eigenvalue weighted by molar-refractivity contribution is -0.147. The number of carbonyl (C=O) groups is 2. The zero-order chi connectivity index (χ0) is 25.6. The van der Waals surface area contributed by atoms with E-state index < -0.39 is 60.7 Å². The number of carbonyl (C=O) groups excluding carboxylic acids is 1. The SMILES string of the molecule is C[C@@H]1[C@@H](NC(=N)N)C=C(C(=O)O)O[C@H]1C(OC(=O)NCc1cn(CC(C)(C)C)nn1)[C@H](O)CO. The number of aliphatic hydroxyl groups excluding tert-OH is 2. The third-order valence-corrected chi connectivity index (χ3v) is 4.98. The maximum Gasteiger partial charge on any atom is 0.407 e. The van der Waals surface area contributed by atoms with Gasteiger partial charge in [-0.05, 0) is 11.5 Å². The maximum atomic E-state index is 12.5. The molecule has 1 aliphatic heterocycles. The van der Waals surface area contributed by atoms with Crippen LogP contribution in [0.1, 0.15) is 33.4 Å². The molecule has 8 N–H and O–H groups in total. The second-order valence-corrected chi connectivity index (χ2v) is 9.30. The van der Waals surface area contributed by atoms with Gasteiger partial charge >= 0.3 is 12.1 Å². The van der Waals surface area contributed by atoms with E-state index >= 15 is 0 Å². The zero-order valence-electron chi connectivity index (χ0n) is 19.6. The van der Waals surface area contributed by atoms with Crippen molar-refractivity contribution in [3.05, 3.63) is 23.7 Å². The first kappa shape index (κ1) is 26.9. The van der Waals surface area contributed by atoms with Crippen molar-refractivity contribution in [1.29, 1.82) is 5.41 Å². The lowest BCUT2D eigenvalue weighted by Crippen LogP contribution is -2.56. The van der Waals surface area contributed by atoms with E-state index in [9.17, 15) is 24.9 Å². The number of carboxylic acids is 1. The Balaban J connectivity index is 2.11. The Kier molecular flexibility index (Phi) is 8.81. The Bertz CT molecular complexity index is 911. The molecule has 0 aliphatic carbocycles. The van der Waals surface area contributed by atoms with E-state index in [1.807, 2.05) is 20.8 Å². The topological polar surface area (TPSA) is 218 Å². The number of guanidine groups is 1. The standard InChI is InChI=1S/C20H33N7O7/c1-10-12(24-18(21)22)5-14(17(30)31)33-15(10)16(13(29)8-28)34-19(32)23-6-11-7-27(26-25-11)9-20(2,3)4/h5,7,10,12-13,15-16,28-29H,6,8-9H2,1-4H3,(H,23,32)(H,30,31)(H4,21,22,24)/t10-,12+,13-,15-,16?/m1/s1. The number of hydrogen-bond donors (Lipinski definition) is 7. The predicted octanol–water partition coefficient (Wildman–Crippen LogP) is -0.873. The Morgan fingerprint density at radius 2 is 2.09 bits per heavy atom. The smallest absolute Gasteiger partial charge is 0.407 e. The molecular formula is C20H33N7O7. The van der Waals surface area contributed by atoms with Gasteiger partial charge < -0.3 is 41.2 Å². The number of nitrogens with one attached hydrogen (secondary N) is 3. The van der Waals surface area contributed by atoms with Crippen molar-refractivity contribution in [3.8, 4) is 0 Å². The van der Waals surface area contributed by atoms with Gasteiger partial charge in [-0.25, -0.2) is 9.59 Å². The maximum absolute atomic E-state index is 12.5. The highest BCUT2D eigenvalue weighted by Crippen LogP contribution is 2.29. The molecule has 0 bridgehead atoms. The minimum Gasteiger partial charge on any atom is -0.479 e. The van der Waals surface area contributed by atoms with Gasteiger partial charge in [-0.1, -0.05) is 32.9 Å². The fourth-order valence-electron chi connectivity index (χ4n) is 3.43. The van der Waals surface area contributed by atoms with Crippen LogP contribution in [0.4, 0.5) is 4.79 Å². The Hall–Kier alpha value is -3.39. The number of aliphatic carboxylic acids is 1. The molecule has 14 heteroatoms. The molecule has 0 spiro atoms. The summed E-state index contributed by atoms with van der Waals surface area (Å²) in [6.07, 6.45) is -2.21. The summed E-state index contributed by atoms with van der Waals surface area (Å²) in [5.41, 5.74) is 5.85. The number of nitrogens with zero attached hydrogens (tertiary/aromatic N) is 3. The Morgan fingerprint density at radius 3 is 2.65 bits per heavy atom. The molecule has 5 atom stereocenters. The molecule has 34 heavy (non-hydrogen) atoms. The van der Waals surface area contributed by atoms with Crippen molar-refractivity contribution < 1.29 is 34.4 Å². The van der Waals surface area contributed by atoms with Gasteiger partial charge in [-0.3, -0.25) is 10.1 Å². The molecule has 1 amide bonds. The van der Waals surface area contributed by atoms with Crippen molar-refractivity contribution >= 4 is 18.0 Å². The minimum absolute atomic E-state index is 0.0131. The number of carboxylic acid groups (broad SMARTS) is 1. The molecule has 2 rings (SSSR count). The highest BCUT2D eigenvalue weighted by molar-refractivity contribution is 5.85. The summed E-state index contributed by atoms with van der Waals surface area (Å²) in [6, 6.07) is -0.764. The van der Waals surface area contributed by atoms with E-state index in [1.165, 1.54) is 6.08 Å². The molecule has 190 valence electrons. The van der Waals surface area contributed by atoms with Crippen LogP contribution in [-0.4, -0.2) is 79.3 Å². The first-order valence-electron chi connectivity index (χ1n) is 10.7. The van der Waals surface area contributed by atoms with Crippen LogP contribution in [-0.2, 0) is 27.4 Å². The molecule has 0 radical (unpaired) electrons. The minimum atomic E-state index is -1.57. The van der Waals surface area contributed by atoms with E-state index in [4.69, 9.17) is 20.6 Å². The molecule has 0 aromatic carbocycles. The summed E-state index contributed by atoms with van der Waals surface area (Å²) in [4.78, 5) is 24.0. The lowest BCUT2D eigenvalue weighted by atomic mass is 9.87. The van der Waals surface area contributed by atoms with E-state index in [0.29, 0.717) is 12.2 Å². The highest BCUT2D eigenvalue weighted by Gasteiger charge is 2.43. The first-order valence-corrected chi connectivity index (χ1v) is 10.7. The summed E-state index contributed by atoms with van der Waals surface area (Å²) < 4.78 is 12.5. The normalized spacial score (nSPS) is 22.1. The largest absolute Gasteiger partial charge is 0.479 e. The van der Waals surface area contributed by atoms with E-state index in [2.05, 4.69) is 20.9 Å². The van der Waals surface area contributed by atoms with E-state index in [0.717, 1.165) is 0 Å². The van der Waals surface area contributed by atoms with Gasteiger partial charge in [0, 0.05) is 12.5 Å². The second kappa shape index (κ2) is 11.2. The van der Waals surface area contributed by atoms with Gasteiger partial charge in [0.15, 0.2) is 12.1 Å². The third kappa shape index (κ3) is 7.59. The zero-order valence-corrected chi connectivity index (χ0v) is 19.6. The van der Waals surface area contributed by atoms with Crippen LogP contribution in [0.5, 0.6) is 0 Å². The summed E-state index contributed by atoms with van der Waals surface area (Å²) in [5.74, 6) is -2.89. The fourth-order valence-corrected chi connectivity index (χ4v) is 3.43. The van der Waals surface area contributed by atoms with Crippen LogP contribution in [0, 0.1) is 16.7 Å². The van der Waals surface area contributed by atoms with Crippen molar-refractivity contribution in [2.24, 2.45) is 17.1 Å². The third-order valence-electron chi connectivity index (χ3n) is 4.98. The van der Waals surface area contributed by atoms with E-state index in [-0.39, 0.29) is 12.0 Å². The molecule has 2 heterocycles. The molecule has 1 aliphatic rings. The molecule has 0 saturated heterocycles. The molecule has 14 nitrogen and oxygen atoms in total. The van der Waals surface area contributed by atoms with E-state index in [1.54, 1.807) is 17.8 Å². The summed E-state index contributed by atoms with van der Waals surface area (Å²) in [6.45, 7) is 7.61. The summed E-state index contributed by atoms with van der Waals surface area (Å²) >= 11 is 0. The van der Waals surface area contributed by atoms with Gasteiger partial charge in [0.2, 0.25) is 5.76 Å². The average Bonchev–Trinajstić information content (AvgIpc) is 3.16. The molecule has 1 aromatic heterocycles. The number of amides is 1. The number of rotatable bonds is 9. The Morgan fingerprint density at radius 1 is 1.41 bits per heavy atom. The number of nitrogens with two attached hydrogens (primary N) is 1. The average molecular weight is 484 g/mol. The van der Waals surface area contributed by atoms with Gasteiger partial charge in [-0.15, -0.1) is 5.10 Å². The number of hydrogen-bond acceptors (Lipinski definition) is 9. The molecular weight excluding hydrogens is 450 g/mol. The fraction of sp³-hybridized carbons (Fsp3) is 0.650. The van der Waals surface area contributed by atoms with Crippen LogP contribution < -0.4 is 16.4 Å². The molecule has 0 fully saturated rings.